The van der Waals surface area contributed by atoms with E-state index in [0.717, 1.165) is 13.0 Å². The Morgan fingerprint density at radius 2 is 2.75 bits per heavy atom. The van der Waals surface area contributed by atoms with E-state index in [1.807, 2.05) is 6.20 Å². The van der Waals surface area contributed by atoms with Crippen LogP contribution in [-0.2, 0) is 9.57 Å². The zero-order valence-electron chi connectivity index (χ0n) is 4.39. The predicted octanol–water partition coefficient (Wildman–Crippen LogP) is 0.152. The molecule has 0 bridgehead atoms. The van der Waals surface area contributed by atoms with Gasteiger partial charge in [0, 0.05) is 11.8 Å². The zero-order chi connectivity index (χ0) is 5.40. The Kier molecular flexibility index (Phi) is 0.797. The molecule has 1 fully saturated rings. The van der Waals surface area contributed by atoms with Crippen LogP contribution in [0.4, 0.5) is 0 Å². The van der Waals surface area contributed by atoms with Crippen LogP contribution in [-0.4, -0.2) is 12.9 Å². The van der Waals surface area contributed by atoms with Gasteiger partial charge in [-0.05, 0) is 6.42 Å². The van der Waals surface area contributed by atoms with Crippen LogP contribution in [0.5, 0.6) is 0 Å². The lowest BCUT2D eigenvalue weighted by molar-refractivity contribution is -0.110. The minimum atomic E-state index is -0.0741. The molecule has 0 aromatic rings. The van der Waals surface area contributed by atoms with Crippen molar-refractivity contribution in [2.75, 3.05) is 6.61 Å². The summed E-state index contributed by atoms with van der Waals surface area (Å²) < 4.78 is 5.12. The molecule has 2 rings (SSSR count). The molecule has 0 radical (unpaired) electrons. The third-order valence-electron chi connectivity index (χ3n) is 1.38. The largest absolute Gasteiger partial charge is 0.346 e. The standard InChI is InChI=1S/C5H7NO2/c1-2-7-5-4(1)3-6-8-5/h3,5-6H,1-2H2. The van der Waals surface area contributed by atoms with Crippen LogP contribution >= 0.6 is 0 Å². The first-order valence-corrected chi connectivity index (χ1v) is 2.68. The molecule has 1 unspecified atom stereocenters. The summed E-state index contributed by atoms with van der Waals surface area (Å²) in [6.07, 6.45) is 2.80. The van der Waals surface area contributed by atoms with Crippen molar-refractivity contribution in [2.45, 2.75) is 12.7 Å². The van der Waals surface area contributed by atoms with Crippen molar-refractivity contribution < 1.29 is 9.57 Å². The average molecular weight is 113 g/mol. The zero-order valence-corrected chi connectivity index (χ0v) is 4.39. The number of hydrogen-bond donors (Lipinski definition) is 1. The summed E-state index contributed by atoms with van der Waals surface area (Å²) in [5, 5.41) is 0. The number of hydroxylamine groups is 1. The fourth-order valence-electron chi connectivity index (χ4n) is 0.930. The Balaban J connectivity index is 2.20. The summed E-state index contributed by atoms with van der Waals surface area (Å²) in [7, 11) is 0. The number of hydrogen-bond acceptors (Lipinski definition) is 3. The molecule has 0 aromatic carbocycles. The molecule has 3 heteroatoms. The summed E-state index contributed by atoms with van der Waals surface area (Å²) in [4.78, 5) is 4.91. The van der Waals surface area contributed by atoms with Crippen molar-refractivity contribution in [1.82, 2.24) is 5.48 Å². The molecule has 1 N–H and O–H groups in total. The maximum Gasteiger partial charge on any atom is 0.207 e. The van der Waals surface area contributed by atoms with Crippen molar-refractivity contribution in [2.24, 2.45) is 0 Å². The van der Waals surface area contributed by atoms with Crippen LogP contribution in [0.25, 0.3) is 0 Å². The monoisotopic (exact) mass is 113 g/mol. The molecular weight excluding hydrogens is 106 g/mol. The van der Waals surface area contributed by atoms with Gasteiger partial charge in [0.15, 0.2) is 0 Å². The lowest BCUT2D eigenvalue weighted by Gasteiger charge is -2.00. The summed E-state index contributed by atoms with van der Waals surface area (Å²) in [5.74, 6) is 0. The molecule has 8 heavy (non-hydrogen) atoms. The Labute approximate surface area is 47.2 Å². The quantitative estimate of drug-likeness (QED) is 0.485. The van der Waals surface area contributed by atoms with Gasteiger partial charge in [0.25, 0.3) is 0 Å². The third-order valence-corrected chi connectivity index (χ3v) is 1.38. The molecule has 2 aliphatic heterocycles. The molecule has 3 nitrogen and oxygen atoms in total. The van der Waals surface area contributed by atoms with Crippen molar-refractivity contribution >= 4 is 0 Å². The molecular formula is C5H7NO2. The fraction of sp³-hybridized carbons (Fsp3) is 0.600. The van der Waals surface area contributed by atoms with E-state index in [1.165, 1.54) is 5.57 Å². The van der Waals surface area contributed by atoms with Crippen LogP contribution in [0.3, 0.4) is 0 Å². The van der Waals surface area contributed by atoms with Crippen LogP contribution < -0.4 is 5.48 Å². The molecule has 1 atom stereocenters. The number of rotatable bonds is 0. The smallest absolute Gasteiger partial charge is 0.207 e. The van der Waals surface area contributed by atoms with Gasteiger partial charge >= 0.3 is 0 Å². The molecule has 0 amide bonds. The molecule has 44 valence electrons. The van der Waals surface area contributed by atoms with Crippen molar-refractivity contribution in [1.29, 1.82) is 0 Å². The molecule has 0 aliphatic carbocycles. The second-order valence-electron chi connectivity index (χ2n) is 1.91. The first-order valence-electron chi connectivity index (χ1n) is 2.68. The normalized spacial score (nSPS) is 34.0. The van der Waals surface area contributed by atoms with E-state index in [1.54, 1.807) is 0 Å². The summed E-state index contributed by atoms with van der Waals surface area (Å²) in [6, 6.07) is 0. The molecule has 0 spiro atoms. The van der Waals surface area contributed by atoms with Gasteiger partial charge in [-0.1, -0.05) is 0 Å². The highest BCUT2D eigenvalue weighted by Crippen LogP contribution is 2.22. The number of ether oxygens (including phenoxy) is 1. The first kappa shape index (κ1) is 4.35. The average Bonchev–Trinajstić information content (AvgIpc) is 2.15. The Hall–Kier alpha value is -0.540. The molecule has 2 heterocycles. The molecule has 0 saturated carbocycles. The van der Waals surface area contributed by atoms with E-state index in [4.69, 9.17) is 9.57 Å². The topological polar surface area (TPSA) is 30.5 Å². The Bertz CT molecular complexity index is 132. The van der Waals surface area contributed by atoms with Crippen LogP contribution in [0.2, 0.25) is 0 Å². The minimum Gasteiger partial charge on any atom is -0.346 e. The van der Waals surface area contributed by atoms with Crippen molar-refractivity contribution in [3.8, 4) is 0 Å². The van der Waals surface area contributed by atoms with Gasteiger partial charge in [0.2, 0.25) is 6.29 Å². The molecule has 2 aliphatic rings. The fourth-order valence-corrected chi connectivity index (χ4v) is 0.930. The van der Waals surface area contributed by atoms with E-state index in [0.29, 0.717) is 0 Å². The Morgan fingerprint density at radius 1 is 1.75 bits per heavy atom. The first-order chi connectivity index (χ1) is 3.97. The highest BCUT2D eigenvalue weighted by Gasteiger charge is 2.26. The van der Waals surface area contributed by atoms with E-state index < -0.39 is 0 Å². The molecule has 0 aromatic heterocycles. The van der Waals surface area contributed by atoms with Gasteiger partial charge in [0.05, 0.1) is 6.61 Å². The van der Waals surface area contributed by atoms with E-state index >= 15 is 0 Å². The second-order valence-corrected chi connectivity index (χ2v) is 1.91. The van der Waals surface area contributed by atoms with Gasteiger partial charge in [0.1, 0.15) is 0 Å². The number of nitrogens with one attached hydrogen (secondary N) is 1. The third kappa shape index (κ3) is 0.454. The summed E-state index contributed by atoms with van der Waals surface area (Å²) in [5.41, 5.74) is 3.86. The van der Waals surface area contributed by atoms with E-state index in [9.17, 15) is 0 Å². The van der Waals surface area contributed by atoms with Crippen LogP contribution in [0.15, 0.2) is 11.8 Å². The predicted molar refractivity (Wildman–Crippen MR) is 26.7 cm³/mol. The minimum absolute atomic E-state index is 0.0741. The maximum atomic E-state index is 5.12. The van der Waals surface area contributed by atoms with Gasteiger partial charge in [-0.2, -0.15) is 0 Å². The van der Waals surface area contributed by atoms with E-state index in [-0.39, 0.29) is 6.29 Å². The lowest BCUT2D eigenvalue weighted by atomic mass is 10.2. The maximum absolute atomic E-state index is 5.12. The molecule has 1 saturated heterocycles. The van der Waals surface area contributed by atoms with Crippen LogP contribution in [0.1, 0.15) is 6.42 Å². The van der Waals surface area contributed by atoms with E-state index in [2.05, 4.69) is 5.48 Å². The number of fused-ring (bicyclic) bond motifs is 1. The van der Waals surface area contributed by atoms with Crippen molar-refractivity contribution in [3.63, 3.8) is 0 Å². The SMILES string of the molecule is C1=C2CCOC2ON1. The van der Waals surface area contributed by atoms with Crippen molar-refractivity contribution in [3.05, 3.63) is 11.8 Å². The highest BCUT2D eigenvalue weighted by atomic mass is 16.8. The van der Waals surface area contributed by atoms with Crippen LogP contribution in [0, 0.1) is 0 Å². The highest BCUT2D eigenvalue weighted by molar-refractivity contribution is 5.09. The van der Waals surface area contributed by atoms with Gasteiger partial charge in [-0.15, -0.1) is 0 Å². The van der Waals surface area contributed by atoms with Gasteiger partial charge < -0.3 is 4.74 Å². The lowest BCUT2D eigenvalue weighted by Crippen LogP contribution is -2.11. The summed E-state index contributed by atoms with van der Waals surface area (Å²) in [6.45, 7) is 0.804. The van der Waals surface area contributed by atoms with Gasteiger partial charge in [-0.25, -0.2) is 4.84 Å². The summed E-state index contributed by atoms with van der Waals surface area (Å²) >= 11 is 0. The Morgan fingerprint density at radius 3 is 3.62 bits per heavy atom. The van der Waals surface area contributed by atoms with Gasteiger partial charge in [-0.3, -0.25) is 5.48 Å². The second kappa shape index (κ2) is 1.47.